The molecular formula is C18H23BrN2O. The number of hydrogen-bond acceptors (Lipinski definition) is 2. The second-order valence-corrected chi connectivity index (χ2v) is 7.91. The van der Waals surface area contributed by atoms with E-state index in [2.05, 4.69) is 28.9 Å². The van der Waals surface area contributed by atoms with Crippen LogP contribution in [0.5, 0.6) is 0 Å². The number of hydrogen-bond donors (Lipinski definition) is 0. The number of benzene rings is 1. The molecule has 0 radical (unpaired) electrons. The van der Waals surface area contributed by atoms with Crippen LogP contribution in [0.3, 0.4) is 0 Å². The zero-order valence-electron chi connectivity index (χ0n) is 13.5. The lowest BCUT2D eigenvalue weighted by atomic mass is 9.88. The fourth-order valence-corrected chi connectivity index (χ4v) is 3.95. The molecule has 1 heterocycles. The molecule has 0 aliphatic heterocycles. The van der Waals surface area contributed by atoms with Gasteiger partial charge in [0.15, 0.2) is 0 Å². The number of aryl methyl sites for hydroxylation is 1. The highest BCUT2D eigenvalue weighted by Crippen LogP contribution is 2.33. The summed E-state index contributed by atoms with van der Waals surface area (Å²) in [5.74, 6) is 1.39. The molecule has 1 aromatic carbocycles. The predicted octanol–water partition coefficient (Wildman–Crippen LogP) is 4.75. The second-order valence-electron chi connectivity index (χ2n) is 6.54. The number of alkyl halides is 1. The van der Waals surface area contributed by atoms with Crippen LogP contribution in [0.15, 0.2) is 16.9 Å². The highest BCUT2D eigenvalue weighted by Gasteiger charge is 2.22. The van der Waals surface area contributed by atoms with E-state index in [1.165, 1.54) is 19.3 Å². The van der Waals surface area contributed by atoms with Crippen LogP contribution in [-0.4, -0.2) is 9.55 Å². The van der Waals surface area contributed by atoms with Crippen LogP contribution in [0.2, 0.25) is 0 Å². The minimum atomic E-state index is 0.0867. The number of rotatable bonds is 2. The Morgan fingerprint density at radius 1 is 1.27 bits per heavy atom. The molecule has 1 aliphatic rings. The average molecular weight is 363 g/mol. The van der Waals surface area contributed by atoms with E-state index in [9.17, 15) is 4.79 Å². The monoisotopic (exact) mass is 362 g/mol. The third-order valence-electron chi connectivity index (χ3n) is 4.79. The summed E-state index contributed by atoms with van der Waals surface area (Å²) in [5, 5.41) is 0.739. The van der Waals surface area contributed by atoms with Gasteiger partial charge in [-0.25, -0.2) is 4.98 Å². The van der Waals surface area contributed by atoms with Gasteiger partial charge in [0, 0.05) is 17.8 Å². The molecule has 1 fully saturated rings. The summed E-state index contributed by atoms with van der Waals surface area (Å²) >= 11 is 3.65. The minimum Gasteiger partial charge on any atom is -0.299 e. The van der Waals surface area contributed by atoms with Gasteiger partial charge in [0.2, 0.25) is 0 Å². The summed E-state index contributed by atoms with van der Waals surface area (Å²) in [6, 6.07) is 4.10. The Bertz CT molecular complexity index is 758. The van der Waals surface area contributed by atoms with E-state index >= 15 is 0 Å². The summed E-state index contributed by atoms with van der Waals surface area (Å²) in [7, 11) is 1.87. The Hall–Kier alpha value is -1.16. The van der Waals surface area contributed by atoms with Crippen molar-refractivity contribution in [2.24, 2.45) is 7.05 Å². The van der Waals surface area contributed by atoms with Gasteiger partial charge in [0.25, 0.3) is 5.56 Å². The third kappa shape index (κ3) is 2.73. The smallest absolute Gasteiger partial charge is 0.261 e. The standard InChI is InChI=1S/C18H23BrN2O/c1-11-9-14(12(2)19)16-15(10-11)18(22)21(3)17(20-16)13-7-5-4-6-8-13/h9-10,12-13H,4-8H2,1-3H3. The molecule has 1 saturated carbocycles. The van der Waals surface area contributed by atoms with Crippen molar-refractivity contribution in [3.05, 3.63) is 39.4 Å². The lowest BCUT2D eigenvalue weighted by molar-refractivity contribution is 0.417. The molecule has 0 bridgehead atoms. The summed E-state index contributed by atoms with van der Waals surface area (Å²) in [4.78, 5) is 18.0. The summed E-state index contributed by atoms with van der Waals surface area (Å²) in [5.41, 5.74) is 3.19. The molecule has 4 heteroatoms. The molecule has 0 amide bonds. The van der Waals surface area contributed by atoms with Crippen molar-refractivity contribution in [1.29, 1.82) is 0 Å². The van der Waals surface area contributed by atoms with Crippen LogP contribution in [0.1, 0.15) is 66.7 Å². The van der Waals surface area contributed by atoms with Crippen molar-refractivity contribution < 1.29 is 0 Å². The Labute approximate surface area is 139 Å². The van der Waals surface area contributed by atoms with Crippen molar-refractivity contribution in [2.75, 3.05) is 0 Å². The number of nitrogens with zero attached hydrogens (tertiary/aromatic N) is 2. The summed E-state index contributed by atoms with van der Waals surface area (Å²) < 4.78 is 1.78. The van der Waals surface area contributed by atoms with E-state index < -0.39 is 0 Å². The van der Waals surface area contributed by atoms with Gasteiger partial charge >= 0.3 is 0 Å². The van der Waals surface area contributed by atoms with Crippen LogP contribution in [0.4, 0.5) is 0 Å². The van der Waals surface area contributed by atoms with Crippen LogP contribution in [-0.2, 0) is 7.05 Å². The molecule has 1 aromatic heterocycles. The number of aromatic nitrogens is 2. The first-order valence-corrected chi connectivity index (χ1v) is 9.06. The molecule has 0 spiro atoms. The maximum atomic E-state index is 12.8. The minimum absolute atomic E-state index is 0.0867. The van der Waals surface area contributed by atoms with Gasteiger partial charge in [0.05, 0.1) is 10.9 Å². The van der Waals surface area contributed by atoms with Gasteiger partial charge in [-0.2, -0.15) is 0 Å². The fourth-order valence-electron chi connectivity index (χ4n) is 3.60. The number of halogens is 1. The van der Waals surface area contributed by atoms with Crippen molar-refractivity contribution in [3.8, 4) is 0 Å². The Morgan fingerprint density at radius 3 is 2.59 bits per heavy atom. The topological polar surface area (TPSA) is 34.9 Å². The molecule has 0 saturated heterocycles. The van der Waals surface area contributed by atoms with Crippen molar-refractivity contribution >= 4 is 26.8 Å². The molecule has 3 nitrogen and oxygen atoms in total. The maximum Gasteiger partial charge on any atom is 0.261 e. The van der Waals surface area contributed by atoms with Crippen LogP contribution < -0.4 is 5.56 Å². The van der Waals surface area contributed by atoms with E-state index in [1.807, 2.05) is 20.0 Å². The lowest BCUT2D eigenvalue weighted by Gasteiger charge is -2.24. The van der Waals surface area contributed by atoms with Crippen LogP contribution >= 0.6 is 15.9 Å². The van der Waals surface area contributed by atoms with Gasteiger partial charge in [-0.15, -0.1) is 0 Å². The average Bonchev–Trinajstić information content (AvgIpc) is 2.51. The zero-order valence-corrected chi connectivity index (χ0v) is 15.1. The quantitative estimate of drug-likeness (QED) is 0.722. The molecule has 1 atom stereocenters. The van der Waals surface area contributed by atoms with E-state index in [0.29, 0.717) is 5.92 Å². The van der Waals surface area contributed by atoms with Gasteiger partial charge in [-0.1, -0.05) is 41.3 Å². The second kappa shape index (κ2) is 6.15. The molecule has 3 rings (SSSR count). The zero-order chi connectivity index (χ0) is 15.9. The van der Waals surface area contributed by atoms with E-state index in [0.717, 1.165) is 40.7 Å². The van der Waals surface area contributed by atoms with E-state index in [1.54, 1.807) is 4.57 Å². The molecule has 0 N–H and O–H groups in total. The van der Waals surface area contributed by atoms with E-state index in [4.69, 9.17) is 4.98 Å². The van der Waals surface area contributed by atoms with Gasteiger partial charge < -0.3 is 0 Å². The summed E-state index contributed by atoms with van der Waals surface area (Å²) in [6.07, 6.45) is 6.09. The highest BCUT2D eigenvalue weighted by atomic mass is 79.9. The van der Waals surface area contributed by atoms with Gasteiger partial charge in [0.1, 0.15) is 5.82 Å². The summed E-state index contributed by atoms with van der Waals surface area (Å²) in [6.45, 7) is 4.13. The Balaban J connectivity index is 2.27. The van der Waals surface area contributed by atoms with Crippen LogP contribution in [0.25, 0.3) is 10.9 Å². The Kier molecular flexibility index (Phi) is 4.40. The lowest BCUT2D eigenvalue weighted by Crippen LogP contribution is -2.25. The molecule has 1 aliphatic carbocycles. The van der Waals surface area contributed by atoms with Crippen molar-refractivity contribution in [3.63, 3.8) is 0 Å². The largest absolute Gasteiger partial charge is 0.299 e. The number of fused-ring (bicyclic) bond motifs is 1. The Morgan fingerprint density at radius 2 is 1.95 bits per heavy atom. The molecular weight excluding hydrogens is 340 g/mol. The molecule has 1 unspecified atom stereocenters. The third-order valence-corrected chi connectivity index (χ3v) is 5.28. The molecule has 2 aromatic rings. The van der Waals surface area contributed by atoms with E-state index in [-0.39, 0.29) is 10.4 Å². The van der Waals surface area contributed by atoms with Gasteiger partial charge in [-0.3, -0.25) is 9.36 Å². The highest BCUT2D eigenvalue weighted by molar-refractivity contribution is 9.09. The first-order valence-electron chi connectivity index (χ1n) is 8.14. The SMILES string of the molecule is Cc1cc(C(C)Br)c2nc(C3CCCCC3)n(C)c(=O)c2c1. The normalized spacial score (nSPS) is 17.8. The first-order chi connectivity index (χ1) is 10.5. The first kappa shape index (κ1) is 15.7. The van der Waals surface area contributed by atoms with Crippen molar-refractivity contribution in [1.82, 2.24) is 9.55 Å². The van der Waals surface area contributed by atoms with Crippen LogP contribution in [0, 0.1) is 6.92 Å². The van der Waals surface area contributed by atoms with Gasteiger partial charge in [-0.05, 0) is 43.9 Å². The molecule has 118 valence electrons. The fraction of sp³-hybridized carbons (Fsp3) is 0.556. The predicted molar refractivity (Wildman–Crippen MR) is 94.9 cm³/mol. The molecule has 22 heavy (non-hydrogen) atoms. The maximum absolute atomic E-state index is 12.8. The van der Waals surface area contributed by atoms with Crippen molar-refractivity contribution in [2.45, 2.75) is 56.7 Å².